The van der Waals surface area contributed by atoms with Gasteiger partial charge < -0.3 is 5.32 Å². The molecule has 18 heavy (non-hydrogen) atoms. The summed E-state index contributed by atoms with van der Waals surface area (Å²) in [4.78, 5) is 11.5. The Bertz CT molecular complexity index is 361. The van der Waals surface area contributed by atoms with E-state index in [1.807, 2.05) is 6.92 Å². The number of halogens is 1. The van der Waals surface area contributed by atoms with Gasteiger partial charge in [-0.05, 0) is 50.3 Å². The molecule has 1 N–H and O–H groups in total. The standard InChI is InChI=1S/C15H22FNO/c1-3-12(2)17-15(18)7-5-4-6-13-8-10-14(16)11-9-13/h8-12H,3-7H2,1-2H3,(H,17,18). The molecule has 1 rings (SSSR count). The molecule has 1 aromatic rings. The van der Waals surface area contributed by atoms with Crippen molar-refractivity contribution < 1.29 is 9.18 Å². The first-order valence-electron chi connectivity index (χ1n) is 6.65. The Labute approximate surface area is 109 Å². The molecule has 3 heteroatoms. The van der Waals surface area contributed by atoms with Crippen LogP contribution in [0, 0.1) is 5.82 Å². The van der Waals surface area contributed by atoms with Gasteiger partial charge in [0.2, 0.25) is 5.91 Å². The molecule has 1 unspecified atom stereocenters. The zero-order valence-corrected chi connectivity index (χ0v) is 11.2. The van der Waals surface area contributed by atoms with E-state index >= 15 is 0 Å². The minimum Gasteiger partial charge on any atom is -0.354 e. The van der Waals surface area contributed by atoms with Gasteiger partial charge in [0.1, 0.15) is 5.82 Å². The molecule has 2 nitrogen and oxygen atoms in total. The molecule has 0 aliphatic carbocycles. The molecule has 1 aromatic carbocycles. The number of unbranched alkanes of at least 4 members (excludes halogenated alkanes) is 1. The lowest BCUT2D eigenvalue weighted by molar-refractivity contribution is -0.121. The van der Waals surface area contributed by atoms with Crippen molar-refractivity contribution >= 4 is 5.91 Å². The summed E-state index contributed by atoms with van der Waals surface area (Å²) in [6, 6.07) is 6.81. The number of carbonyl (C=O) groups is 1. The highest BCUT2D eigenvalue weighted by molar-refractivity contribution is 5.76. The van der Waals surface area contributed by atoms with Gasteiger partial charge in [-0.15, -0.1) is 0 Å². The van der Waals surface area contributed by atoms with Gasteiger partial charge >= 0.3 is 0 Å². The number of aryl methyl sites for hydroxylation is 1. The average molecular weight is 251 g/mol. The topological polar surface area (TPSA) is 29.1 Å². The number of rotatable bonds is 7. The van der Waals surface area contributed by atoms with Crippen molar-refractivity contribution in [3.05, 3.63) is 35.6 Å². The second-order valence-electron chi connectivity index (χ2n) is 4.71. The van der Waals surface area contributed by atoms with Gasteiger partial charge in [0.25, 0.3) is 0 Å². The number of hydrogen-bond donors (Lipinski definition) is 1. The lowest BCUT2D eigenvalue weighted by Gasteiger charge is -2.10. The molecule has 0 saturated carbocycles. The van der Waals surface area contributed by atoms with E-state index in [9.17, 15) is 9.18 Å². The van der Waals surface area contributed by atoms with Crippen LogP contribution < -0.4 is 5.32 Å². The summed E-state index contributed by atoms with van der Waals surface area (Å²) in [5.41, 5.74) is 1.12. The maximum atomic E-state index is 12.7. The van der Waals surface area contributed by atoms with Gasteiger partial charge in [0.05, 0.1) is 0 Å². The molecule has 0 aromatic heterocycles. The molecule has 0 aliphatic heterocycles. The fourth-order valence-electron chi connectivity index (χ4n) is 1.71. The van der Waals surface area contributed by atoms with Crippen molar-refractivity contribution in [2.24, 2.45) is 0 Å². The highest BCUT2D eigenvalue weighted by Gasteiger charge is 2.04. The third-order valence-corrected chi connectivity index (χ3v) is 3.05. The quantitative estimate of drug-likeness (QED) is 0.739. The first-order chi connectivity index (χ1) is 8.61. The minimum absolute atomic E-state index is 0.128. The molecule has 0 bridgehead atoms. The van der Waals surface area contributed by atoms with E-state index in [2.05, 4.69) is 12.2 Å². The normalized spacial score (nSPS) is 12.2. The largest absolute Gasteiger partial charge is 0.354 e. The highest BCUT2D eigenvalue weighted by atomic mass is 19.1. The number of hydrogen-bond acceptors (Lipinski definition) is 1. The van der Waals surface area contributed by atoms with Crippen molar-refractivity contribution in [3.8, 4) is 0 Å². The predicted octanol–water partition coefficient (Wildman–Crippen LogP) is 3.45. The summed E-state index contributed by atoms with van der Waals surface area (Å²) in [7, 11) is 0. The third-order valence-electron chi connectivity index (χ3n) is 3.05. The van der Waals surface area contributed by atoms with Crippen LogP contribution in [0.5, 0.6) is 0 Å². The molecule has 1 atom stereocenters. The van der Waals surface area contributed by atoms with Crippen LogP contribution >= 0.6 is 0 Å². The Morgan fingerprint density at radius 3 is 2.56 bits per heavy atom. The second kappa shape index (κ2) is 7.85. The third kappa shape index (κ3) is 5.80. The summed E-state index contributed by atoms with van der Waals surface area (Å²) < 4.78 is 12.7. The fourth-order valence-corrected chi connectivity index (χ4v) is 1.71. The Morgan fingerprint density at radius 1 is 1.28 bits per heavy atom. The summed E-state index contributed by atoms with van der Waals surface area (Å²) in [6.07, 6.45) is 4.27. The molecule has 100 valence electrons. The first kappa shape index (κ1) is 14.7. The van der Waals surface area contributed by atoms with Gasteiger partial charge in [-0.3, -0.25) is 4.79 Å². The zero-order chi connectivity index (χ0) is 13.4. The van der Waals surface area contributed by atoms with Crippen LogP contribution in [-0.4, -0.2) is 11.9 Å². The molecule has 0 saturated heterocycles. The maximum absolute atomic E-state index is 12.7. The molecule has 0 heterocycles. The van der Waals surface area contributed by atoms with Crippen LogP contribution in [0.25, 0.3) is 0 Å². The van der Waals surface area contributed by atoms with Gasteiger partial charge in [-0.25, -0.2) is 4.39 Å². The van der Waals surface area contributed by atoms with E-state index < -0.39 is 0 Å². The van der Waals surface area contributed by atoms with Gasteiger partial charge in [0, 0.05) is 12.5 Å². The lowest BCUT2D eigenvalue weighted by Crippen LogP contribution is -2.31. The van der Waals surface area contributed by atoms with Crippen molar-refractivity contribution in [1.82, 2.24) is 5.32 Å². The Kier molecular flexibility index (Phi) is 6.40. The molecule has 0 radical (unpaired) electrons. The zero-order valence-electron chi connectivity index (χ0n) is 11.2. The smallest absolute Gasteiger partial charge is 0.220 e. The van der Waals surface area contributed by atoms with Crippen LogP contribution in [0.4, 0.5) is 4.39 Å². The summed E-state index contributed by atoms with van der Waals surface area (Å²) >= 11 is 0. The van der Waals surface area contributed by atoms with E-state index in [0.29, 0.717) is 6.42 Å². The Morgan fingerprint density at radius 2 is 1.94 bits per heavy atom. The highest BCUT2D eigenvalue weighted by Crippen LogP contribution is 2.08. The van der Waals surface area contributed by atoms with E-state index in [1.54, 1.807) is 12.1 Å². The van der Waals surface area contributed by atoms with Crippen molar-refractivity contribution in [2.45, 2.75) is 52.0 Å². The first-order valence-corrected chi connectivity index (χ1v) is 6.65. The van der Waals surface area contributed by atoms with Gasteiger partial charge in [0.15, 0.2) is 0 Å². The van der Waals surface area contributed by atoms with Crippen molar-refractivity contribution in [1.29, 1.82) is 0 Å². The molecule has 0 fully saturated rings. The molecule has 1 amide bonds. The van der Waals surface area contributed by atoms with E-state index in [0.717, 1.165) is 31.2 Å². The number of carbonyl (C=O) groups excluding carboxylic acids is 1. The van der Waals surface area contributed by atoms with Crippen LogP contribution in [-0.2, 0) is 11.2 Å². The predicted molar refractivity (Wildman–Crippen MR) is 71.9 cm³/mol. The van der Waals surface area contributed by atoms with Crippen LogP contribution in [0.1, 0.15) is 45.1 Å². The summed E-state index contributed by atoms with van der Waals surface area (Å²) in [5.74, 6) is -0.0739. The van der Waals surface area contributed by atoms with Crippen LogP contribution in [0.2, 0.25) is 0 Å². The van der Waals surface area contributed by atoms with E-state index in [-0.39, 0.29) is 17.8 Å². The number of nitrogens with one attached hydrogen (secondary N) is 1. The van der Waals surface area contributed by atoms with Gasteiger partial charge in [-0.1, -0.05) is 19.1 Å². The van der Waals surface area contributed by atoms with E-state index in [1.165, 1.54) is 12.1 Å². The summed E-state index contributed by atoms with van der Waals surface area (Å²) in [6.45, 7) is 4.07. The molecular weight excluding hydrogens is 229 g/mol. The lowest BCUT2D eigenvalue weighted by atomic mass is 10.1. The fraction of sp³-hybridized carbons (Fsp3) is 0.533. The minimum atomic E-state index is -0.202. The van der Waals surface area contributed by atoms with E-state index in [4.69, 9.17) is 0 Å². The molecule has 0 spiro atoms. The summed E-state index contributed by atoms with van der Waals surface area (Å²) in [5, 5.41) is 2.95. The molecular formula is C15H22FNO. The van der Waals surface area contributed by atoms with Crippen molar-refractivity contribution in [3.63, 3.8) is 0 Å². The van der Waals surface area contributed by atoms with Gasteiger partial charge in [-0.2, -0.15) is 0 Å². The molecule has 0 aliphatic rings. The Hall–Kier alpha value is -1.38. The maximum Gasteiger partial charge on any atom is 0.220 e. The number of benzene rings is 1. The van der Waals surface area contributed by atoms with Crippen molar-refractivity contribution in [2.75, 3.05) is 0 Å². The second-order valence-corrected chi connectivity index (χ2v) is 4.71. The number of amides is 1. The van der Waals surface area contributed by atoms with Crippen LogP contribution in [0.15, 0.2) is 24.3 Å². The Balaban J connectivity index is 2.15. The average Bonchev–Trinajstić information content (AvgIpc) is 2.36. The monoisotopic (exact) mass is 251 g/mol. The van der Waals surface area contributed by atoms with Crippen LogP contribution in [0.3, 0.4) is 0 Å². The SMILES string of the molecule is CCC(C)NC(=O)CCCCc1ccc(F)cc1.